The Morgan fingerprint density at radius 3 is 2.52 bits per heavy atom. The monoisotopic (exact) mass is 463 g/mol. The number of rotatable bonds is 4. The molecule has 0 unspecified atom stereocenters. The van der Waals surface area contributed by atoms with Crippen LogP contribution in [0.3, 0.4) is 0 Å². The number of hydrogen-bond donors (Lipinski definition) is 2. The highest BCUT2D eigenvalue weighted by Crippen LogP contribution is 2.31. The Morgan fingerprint density at radius 2 is 1.87 bits per heavy atom. The van der Waals surface area contributed by atoms with E-state index in [1.54, 1.807) is 12.3 Å². The van der Waals surface area contributed by atoms with Crippen LogP contribution < -0.4 is 10.2 Å². The highest BCUT2D eigenvalue weighted by molar-refractivity contribution is 5.85. The number of aromatic hydroxyl groups is 1. The summed E-state index contributed by atoms with van der Waals surface area (Å²) in [5.74, 6) is 1.28. The summed E-state index contributed by atoms with van der Waals surface area (Å²) in [5, 5.41) is 22.7. The number of piperazine rings is 1. The SMILES string of the molecule is Cc1cc(-c2ccc(-c3cnc(N4CCN[C@H](C(C)C)C4)nn3)c(O)c2)ncn1.Cl.Cl. The number of aromatic nitrogens is 5. The van der Waals surface area contributed by atoms with Crippen molar-refractivity contribution >= 4 is 30.8 Å². The molecule has 3 heterocycles. The first-order valence-electron chi connectivity index (χ1n) is 9.81. The highest BCUT2D eigenvalue weighted by atomic mass is 35.5. The largest absolute Gasteiger partial charge is 0.507 e. The Bertz CT molecular complexity index is 1000. The Labute approximate surface area is 194 Å². The molecular weight excluding hydrogens is 437 g/mol. The summed E-state index contributed by atoms with van der Waals surface area (Å²) in [6.45, 7) is 8.93. The number of phenolic OH excluding ortho intramolecular Hbond substituents is 1. The fourth-order valence-corrected chi connectivity index (χ4v) is 3.46. The van der Waals surface area contributed by atoms with Crippen molar-refractivity contribution in [1.29, 1.82) is 0 Å². The summed E-state index contributed by atoms with van der Waals surface area (Å²) in [5.41, 5.74) is 3.57. The molecule has 0 spiro atoms. The molecular formula is C21H27Cl2N7O. The van der Waals surface area contributed by atoms with Crippen molar-refractivity contribution in [2.45, 2.75) is 26.8 Å². The molecule has 3 aromatic rings. The lowest BCUT2D eigenvalue weighted by atomic mass is 10.0. The standard InChI is InChI=1S/C21H25N7O.2ClH/c1-13(2)19-11-28(7-6-22-19)21-23-10-18(26-27-21)16-5-4-15(9-20(16)29)17-8-14(3)24-12-25-17;;/h4-5,8-10,12-13,19,22,29H,6-7,11H2,1-3H3;2*1H/t19-;;/m0../s1. The van der Waals surface area contributed by atoms with Crippen molar-refractivity contribution in [3.8, 4) is 28.3 Å². The topological polar surface area (TPSA) is 100.0 Å². The fourth-order valence-electron chi connectivity index (χ4n) is 3.46. The van der Waals surface area contributed by atoms with Crippen LogP contribution in [-0.4, -0.2) is 55.9 Å². The minimum atomic E-state index is 0. The van der Waals surface area contributed by atoms with E-state index in [1.165, 1.54) is 6.33 Å². The third-order valence-corrected chi connectivity index (χ3v) is 5.22. The fraction of sp³-hybridized carbons (Fsp3) is 0.381. The maximum absolute atomic E-state index is 10.5. The Kier molecular flexibility index (Phi) is 8.50. The van der Waals surface area contributed by atoms with Gasteiger partial charge in [-0.3, -0.25) is 0 Å². The molecule has 10 heteroatoms. The van der Waals surface area contributed by atoms with Gasteiger partial charge in [-0.05, 0) is 31.0 Å². The van der Waals surface area contributed by atoms with Crippen LogP contribution in [-0.2, 0) is 0 Å². The van der Waals surface area contributed by atoms with Gasteiger partial charge in [0.25, 0.3) is 0 Å². The molecule has 1 saturated heterocycles. The van der Waals surface area contributed by atoms with Gasteiger partial charge in [-0.25, -0.2) is 15.0 Å². The van der Waals surface area contributed by atoms with E-state index in [2.05, 4.69) is 49.2 Å². The number of anilines is 1. The molecule has 0 aliphatic carbocycles. The zero-order valence-corrected chi connectivity index (χ0v) is 19.3. The summed E-state index contributed by atoms with van der Waals surface area (Å²) in [7, 11) is 0. The first-order valence-corrected chi connectivity index (χ1v) is 9.81. The molecule has 0 radical (unpaired) electrons. The van der Waals surface area contributed by atoms with Crippen molar-refractivity contribution in [2.24, 2.45) is 5.92 Å². The van der Waals surface area contributed by atoms with Gasteiger partial charge in [-0.15, -0.1) is 35.0 Å². The Hall–Kier alpha value is -2.55. The summed E-state index contributed by atoms with van der Waals surface area (Å²) >= 11 is 0. The lowest BCUT2D eigenvalue weighted by molar-refractivity contribution is 0.365. The second-order valence-electron chi connectivity index (χ2n) is 7.67. The minimum absolute atomic E-state index is 0. The molecule has 0 amide bonds. The Balaban J connectivity index is 0.00000171. The quantitative estimate of drug-likeness (QED) is 0.607. The molecule has 1 fully saturated rings. The zero-order valence-electron chi connectivity index (χ0n) is 17.7. The summed E-state index contributed by atoms with van der Waals surface area (Å²) in [6, 6.07) is 7.68. The molecule has 1 aliphatic rings. The van der Waals surface area contributed by atoms with Crippen LogP contribution in [0.15, 0.2) is 36.8 Å². The maximum Gasteiger partial charge on any atom is 0.245 e. The predicted octanol–water partition coefficient (Wildman–Crippen LogP) is 3.29. The van der Waals surface area contributed by atoms with Crippen LogP contribution in [0.5, 0.6) is 5.75 Å². The van der Waals surface area contributed by atoms with Gasteiger partial charge in [0.15, 0.2) is 0 Å². The van der Waals surface area contributed by atoms with Gasteiger partial charge in [-0.1, -0.05) is 19.9 Å². The van der Waals surface area contributed by atoms with Crippen molar-refractivity contribution < 1.29 is 5.11 Å². The molecule has 2 aromatic heterocycles. The van der Waals surface area contributed by atoms with E-state index in [1.807, 2.05) is 25.1 Å². The molecule has 166 valence electrons. The van der Waals surface area contributed by atoms with Gasteiger partial charge >= 0.3 is 0 Å². The minimum Gasteiger partial charge on any atom is -0.507 e. The van der Waals surface area contributed by atoms with E-state index in [0.717, 1.165) is 36.6 Å². The smallest absolute Gasteiger partial charge is 0.245 e. The van der Waals surface area contributed by atoms with Crippen LogP contribution >= 0.6 is 24.8 Å². The van der Waals surface area contributed by atoms with Crippen molar-refractivity contribution in [3.05, 3.63) is 42.5 Å². The number of nitrogens with one attached hydrogen (secondary N) is 1. The van der Waals surface area contributed by atoms with E-state index in [-0.39, 0.29) is 30.6 Å². The third-order valence-electron chi connectivity index (χ3n) is 5.22. The molecule has 8 nitrogen and oxygen atoms in total. The molecule has 31 heavy (non-hydrogen) atoms. The van der Waals surface area contributed by atoms with E-state index in [0.29, 0.717) is 29.2 Å². The van der Waals surface area contributed by atoms with Gasteiger partial charge in [0.1, 0.15) is 17.8 Å². The van der Waals surface area contributed by atoms with Crippen molar-refractivity contribution in [1.82, 2.24) is 30.5 Å². The van der Waals surface area contributed by atoms with E-state index in [9.17, 15) is 5.11 Å². The van der Waals surface area contributed by atoms with Gasteiger partial charge < -0.3 is 15.3 Å². The average Bonchev–Trinajstić information content (AvgIpc) is 2.74. The molecule has 0 bridgehead atoms. The van der Waals surface area contributed by atoms with Crippen LogP contribution in [0.25, 0.3) is 22.5 Å². The molecule has 4 rings (SSSR count). The molecule has 1 aromatic carbocycles. The van der Waals surface area contributed by atoms with Gasteiger partial charge in [-0.2, -0.15) is 0 Å². The first-order chi connectivity index (χ1) is 14.0. The van der Waals surface area contributed by atoms with Gasteiger partial charge in [0.05, 0.1) is 11.9 Å². The lowest BCUT2D eigenvalue weighted by Gasteiger charge is -2.35. The lowest BCUT2D eigenvalue weighted by Crippen LogP contribution is -2.53. The van der Waals surface area contributed by atoms with Crippen LogP contribution in [0, 0.1) is 12.8 Å². The number of phenols is 1. The highest BCUT2D eigenvalue weighted by Gasteiger charge is 2.23. The van der Waals surface area contributed by atoms with Crippen molar-refractivity contribution in [2.75, 3.05) is 24.5 Å². The van der Waals surface area contributed by atoms with Crippen LogP contribution in [0.2, 0.25) is 0 Å². The molecule has 1 aliphatic heterocycles. The normalized spacial score (nSPS) is 15.9. The van der Waals surface area contributed by atoms with Crippen LogP contribution in [0.1, 0.15) is 19.5 Å². The van der Waals surface area contributed by atoms with E-state index < -0.39 is 0 Å². The number of hydrogen-bond acceptors (Lipinski definition) is 8. The predicted molar refractivity (Wildman–Crippen MR) is 126 cm³/mol. The molecule has 2 N–H and O–H groups in total. The van der Waals surface area contributed by atoms with Crippen LogP contribution in [0.4, 0.5) is 5.95 Å². The molecule has 0 saturated carbocycles. The summed E-state index contributed by atoms with van der Waals surface area (Å²) < 4.78 is 0. The number of nitrogens with zero attached hydrogens (tertiary/aromatic N) is 6. The molecule has 1 atom stereocenters. The van der Waals surface area contributed by atoms with Gasteiger partial charge in [0.2, 0.25) is 5.95 Å². The number of aryl methyl sites for hydroxylation is 1. The van der Waals surface area contributed by atoms with E-state index in [4.69, 9.17) is 0 Å². The van der Waals surface area contributed by atoms with Crippen molar-refractivity contribution in [3.63, 3.8) is 0 Å². The zero-order chi connectivity index (χ0) is 20.4. The summed E-state index contributed by atoms with van der Waals surface area (Å²) in [6.07, 6.45) is 3.18. The second-order valence-corrected chi connectivity index (χ2v) is 7.67. The first kappa shape index (κ1) is 24.7. The maximum atomic E-state index is 10.5. The number of benzene rings is 1. The second kappa shape index (κ2) is 10.7. The van der Waals surface area contributed by atoms with E-state index >= 15 is 0 Å². The Morgan fingerprint density at radius 1 is 1.06 bits per heavy atom. The average molecular weight is 464 g/mol. The summed E-state index contributed by atoms with van der Waals surface area (Å²) in [4.78, 5) is 15.0. The van der Waals surface area contributed by atoms with Gasteiger partial charge in [0, 0.05) is 42.5 Å². The third kappa shape index (κ3) is 5.58. The number of halogens is 2.